The summed E-state index contributed by atoms with van der Waals surface area (Å²) in [7, 11) is 0. The molecule has 1 aromatic heterocycles. The van der Waals surface area contributed by atoms with Crippen LogP contribution in [-0.2, 0) is 0 Å². The summed E-state index contributed by atoms with van der Waals surface area (Å²) in [5.41, 5.74) is 0.699. The fraction of sp³-hybridized carbons (Fsp3) is 0. The van der Waals surface area contributed by atoms with E-state index in [1.165, 1.54) is 11.3 Å². The van der Waals surface area contributed by atoms with Crippen LogP contribution in [0.25, 0.3) is 0 Å². The van der Waals surface area contributed by atoms with Crippen molar-refractivity contribution in [3.05, 3.63) is 53.5 Å². The molecular weight excluding hydrogens is 420 g/mol. The first-order chi connectivity index (χ1) is 7.58. The van der Waals surface area contributed by atoms with Crippen LogP contribution >= 0.6 is 59.1 Å². The van der Waals surface area contributed by atoms with Crippen molar-refractivity contribution in [1.82, 2.24) is 0 Å². The molecule has 0 fully saturated rings. The van der Waals surface area contributed by atoms with E-state index in [-0.39, 0.29) is 5.78 Å². The van der Waals surface area contributed by atoms with Gasteiger partial charge < -0.3 is 0 Å². The van der Waals surface area contributed by atoms with Gasteiger partial charge in [0.1, 0.15) is 0 Å². The third-order valence-corrected chi connectivity index (χ3v) is 5.76. The predicted molar refractivity (Wildman–Crippen MR) is 77.3 cm³/mol. The van der Waals surface area contributed by atoms with Crippen LogP contribution in [0.5, 0.6) is 0 Å². The monoisotopic (exact) mass is 422 g/mol. The van der Waals surface area contributed by atoms with Crippen LogP contribution in [0.1, 0.15) is 15.2 Å². The second-order valence-electron chi connectivity index (χ2n) is 3.07. The van der Waals surface area contributed by atoms with Gasteiger partial charge in [-0.25, -0.2) is 0 Å². The highest BCUT2D eigenvalue weighted by Gasteiger charge is 2.13. The maximum atomic E-state index is 12.1. The number of ketones is 1. The third kappa shape index (κ3) is 2.64. The molecule has 1 heterocycles. The van der Waals surface area contributed by atoms with Crippen molar-refractivity contribution in [1.29, 1.82) is 0 Å². The number of carbonyl (C=O) groups excluding carboxylic acids is 1. The first-order valence-electron chi connectivity index (χ1n) is 4.33. The predicted octanol–water partition coefficient (Wildman–Crippen LogP) is 5.27. The van der Waals surface area contributed by atoms with E-state index in [1.807, 2.05) is 30.3 Å². The van der Waals surface area contributed by atoms with Crippen LogP contribution in [0.3, 0.4) is 0 Å². The van der Waals surface area contributed by atoms with Crippen molar-refractivity contribution in [3.8, 4) is 0 Å². The van der Waals surface area contributed by atoms with Crippen molar-refractivity contribution in [2.75, 3.05) is 0 Å². The molecule has 0 radical (unpaired) electrons. The Morgan fingerprint density at radius 2 is 1.69 bits per heavy atom. The van der Waals surface area contributed by atoms with Gasteiger partial charge in [0, 0.05) is 14.5 Å². The zero-order valence-electron chi connectivity index (χ0n) is 7.84. The maximum Gasteiger partial charge on any atom is 0.203 e. The molecule has 2 rings (SSSR count). The second-order valence-corrected chi connectivity index (χ2v) is 7.21. The molecule has 0 saturated carbocycles. The van der Waals surface area contributed by atoms with E-state index in [2.05, 4.69) is 47.8 Å². The highest BCUT2D eigenvalue weighted by atomic mass is 79.9. The lowest BCUT2D eigenvalue weighted by atomic mass is 10.1. The number of rotatable bonds is 2. The summed E-state index contributed by atoms with van der Waals surface area (Å²) in [4.78, 5) is 12.8. The van der Waals surface area contributed by atoms with Crippen molar-refractivity contribution >= 4 is 64.9 Å². The Hall–Kier alpha value is 0.0300. The Morgan fingerprint density at radius 3 is 2.19 bits per heavy atom. The van der Waals surface area contributed by atoms with E-state index in [4.69, 9.17) is 0 Å². The SMILES string of the molecule is O=C(c1ccc(Br)cc1)c1cc(Br)c(Br)s1. The Bertz CT molecular complexity index is 511. The van der Waals surface area contributed by atoms with Gasteiger partial charge in [-0.2, -0.15) is 0 Å². The zero-order valence-corrected chi connectivity index (χ0v) is 13.4. The molecule has 0 aliphatic heterocycles. The summed E-state index contributed by atoms with van der Waals surface area (Å²) < 4.78 is 2.82. The van der Waals surface area contributed by atoms with Gasteiger partial charge in [-0.05, 0) is 62.2 Å². The van der Waals surface area contributed by atoms with E-state index in [0.29, 0.717) is 5.56 Å². The van der Waals surface area contributed by atoms with Crippen molar-refractivity contribution in [2.24, 2.45) is 0 Å². The molecule has 0 spiro atoms. The average molecular weight is 425 g/mol. The van der Waals surface area contributed by atoms with Crippen LogP contribution < -0.4 is 0 Å². The molecule has 0 amide bonds. The molecule has 1 aromatic carbocycles. The smallest absolute Gasteiger partial charge is 0.203 e. The molecular formula is C11H5Br3OS. The lowest BCUT2D eigenvalue weighted by molar-refractivity contribution is 0.104. The molecule has 5 heteroatoms. The average Bonchev–Trinajstić information content (AvgIpc) is 2.59. The van der Waals surface area contributed by atoms with Gasteiger partial charge in [-0.1, -0.05) is 15.9 Å². The molecule has 1 nitrogen and oxygen atoms in total. The Kier molecular flexibility index (Phi) is 4.00. The summed E-state index contributed by atoms with van der Waals surface area (Å²) in [6.45, 7) is 0. The van der Waals surface area contributed by atoms with Crippen LogP contribution in [0.2, 0.25) is 0 Å². The minimum Gasteiger partial charge on any atom is -0.288 e. The van der Waals surface area contributed by atoms with Crippen LogP contribution in [0.4, 0.5) is 0 Å². The van der Waals surface area contributed by atoms with Crippen molar-refractivity contribution in [2.45, 2.75) is 0 Å². The summed E-state index contributed by atoms with van der Waals surface area (Å²) >= 11 is 11.5. The summed E-state index contributed by atoms with van der Waals surface area (Å²) in [5, 5.41) is 0. The molecule has 2 aromatic rings. The standard InChI is InChI=1S/C11H5Br3OS/c12-7-3-1-6(2-4-7)10(15)9-5-8(13)11(14)16-9/h1-5H. The molecule has 82 valence electrons. The summed E-state index contributed by atoms with van der Waals surface area (Å²) in [6.07, 6.45) is 0. The third-order valence-electron chi connectivity index (χ3n) is 1.98. The Morgan fingerprint density at radius 1 is 1.06 bits per heavy atom. The number of carbonyl (C=O) groups is 1. The van der Waals surface area contributed by atoms with E-state index >= 15 is 0 Å². The van der Waals surface area contributed by atoms with E-state index in [0.717, 1.165) is 17.6 Å². The normalized spacial score (nSPS) is 10.4. The molecule has 0 saturated heterocycles. The lowest BCUT2D eigenvalue weighted by Gasteiger charge is -1.97. The van der Waals surface area contributed by atoms with Crippen LogP contribution in [-0.4, -0.2) is 5.78 Å². The first kappa shape index (κ1) is 12.5. The molecule has 0 N–H and O–H groups in total. The van der Waals surface area contributed by atoms with Gasteiger partial charge in [0.15, 0.2) is 0 Å². The van der Waals surface area contributed by atoms with E-state index in [1.54, 1.807) is 0 Å². The van der Waals surface area contributed by atoms with Gasteiger partial charge in [0.2, 0.25) is 5.78 Å². The lowest BCUT2D eigenvalue weighted by Crippen LogP contribution is -1.97. The summed E-state index contributed by atoms with van der Waals surface area (Å²) in [5.74, 6) is 0.0453. The minimum atomic E-state index is 0.0453. The number of benzene rings is 1. The number of hydrogen-bond donors (Lipinski definition) is 0. The molecule has 16 heavy (non-hydrogen) atoms. The number of halogens is 3. The van der Waals surface area contributed by atoms with E-state index < -0.39 is 0 Å². The first-order valence-corrected chi connectivity index (χ1v) is 7.52. The zero-order chi connectivity index (χ0) is 11.7. The molecule has 0 unspecified atom stereocenters. The van der Waals surface area contributed by atoms with Crippen molar-refractivity contribution in [3.63, 3.8) is 0 Å². The molecule has 0 atom stereocenters. The highest BCUT2D eigenvalue weighted by Crippen LogP contribution is 2.33. The largest absolute Gasteiger partial charge is 0.288 e. The van der Waals surface area contributed by atoms with Gasteiger partial charge in [0.25, 0.3) is 0 Å². The number of thiophene rings is 1. The van der Waals surface area contributed by atoms with Gasteiger partial charge in [-0.15, -0.1) is 11.3 Å². The minimum absolute atomic E-state index is 0.0453. The Labute approximate surface area is 122 Å². The van der Waals surface area contributed by atoms with Gasteiger partial charge in [0.05, 0.1) is 8.66 Å². The molecule has 0 aliphatic rings. The molecule has 0 aliphatic carbocycles. The fourth-order valence-corrected chi connectivity index (χ4v) is 3.46. The highest BCUT2D eigenvalue weighted by molar-refractivity contribution is 9.13. The topological polar surface area (TPSA) is 17.1 Å². The van der Waals surface area contributed by atoms with Crippen LogP contribution in [0, 0.1) is 0 Å². The van der Waals surface area contributed by atoms with E-state index in [9.17, 15) is 4.79 Å². The summed E-state index contributed by atoms with van der Waals surface area (Å²) in [6, 6.07) is 9.19. The van der Waals surface area contributed by atoms with Gasteiger partial charge >= 0.3 is 0 Å². The fourth-order valence-electron chi connectivity index (χ4n) is 1.20. The number of hydrogen-bond acceptors (Lipinski definition) is 2. The Balaban J connectivity index is 2.35. The van der Waals surface area contributed by atoms with Crippen molar-refractivity contribution < 1.29 is 4.79 Å². The quantitative estimate of drug-likeness (QED) is 0.600. The molecule has 0 bridgehead atoms. The van der Waals surface area contributed by atoms with Crippen LogP contribution in [0.15, 0.2) is 43.1 Å². The van der Waals surface area contributed by atoms with Gasteiger partial charge in [-0.3, -0.25) is 4.79 Å². The maximum absolute atomic E-state index is 12.1. The second kappa shape index (κ2) is 5.12.